The molecule has 0 saturated heterocycles. The Morgan fingerprint density at radius 1 is 1.33 bits per heavy atom. The fourth-order valence-electron chi connectivity index (χ4n) is 1.73. The van der Waals surface area contributed by atoms with Crippen LogP contribution >= 0.6 is 0 Å². The standard InChI is InChI=1S/C10H19NO/c1-7(12)11-9-5-8(6-9)10(2,3)4/h8-9H,5-6H2,1-4H3,(H,11,12)/t8-,9-. The number of rotatable bonds is 1. The Balaban J connectivity index is 2.25. The van der Waals surface area contributed by atoms with Crippen LogP contribution in [0.4, 0.5) is 0 Å². The maximum atomic E-state index is 10.7. The molecular formula is C10H19NO. The van der Waals surface area contributed by atoms with Gasteiger partial charge in [-0.1, -0.05) is 20.8 Å². The predicted molar refractivity (Wildman–Crippen MR) is 49.8 cm³/mol. The normalized spacial score (nSPS) is 29.3. The van der Waals surface area contributed by atoms with Gasteiger partial charge in [-0.25, -0.2) is 0 Å². The van der Waals surface area contributed by atoms with Gasteiger partial charge in [0.05, 0.1) is 0 Å². The lowest BCUT2D eigenvalue weighted by atomic mass is 9.66. The maximum absolute atomic E-state index is 10.7. The smallest absolute Gasteiger partial charge is 0.217 e. The highest BCUT2D eigenvalue weighted by Gasteiger charge is 2.37. The number of hydrogen-bond donors (Lipinski definition) is 1. The molecule has 2 nitrogen and oxygen atoms in total. The van der Waals surface area contributed by atoms with Crippen LogP contribution in [-0.2, 0) is 4.79 Å². The number of carbonyl (C=O) groups excluding carboxylic acids is 1. The topological polar surface area (TPSA) is 29.1 Å². The van der Waals surface area contributed by atoms with Crippen LogP contribution in [-0.4, -0.2) is 11.9 Å². The summed E-state index contributed by atoms with van der Waals surface area (Å²) in [6.45, 7) is 8.38. The van der Waals surface area contributed by atoms with Crippen molar-refractivity contribution in [3.05, 3.63) is 0 Å². The van der Waals surface area contributed by atoms with Crippen LogP contribution in [0.5, 0.6) is 0 Å². The zero-order valence-corrected chi connectivity index (χ0v) is 8.48. The van der Waals surface area contributed by atoms with Crippen LogP contribution in [0.2, 0.25) is 0 Å². The van der Waals surface area contributed by atoms with Crippen LogP contribution in [0.15, 0.2) is 0 Å². The van der Waals surface area contributed by atoms with Crippen LogP contribution < -0.4 is 5.32 Å². The van der Waals surface area contributed by atoms with E-state index in [2.05, 4.69) is 26.1 Å². The fourth-order valence-corrected chi connectivity index (χ4v) is 1.73. The first-order valence-corrected chi connectivity index (χ1v) is 4.66. The molecule has 1 N–H and O–H groups in total. The Morgan fingerprint density at radius 3 is 2.17 bits per heavy atom. The van der Waals surface area contributed by atoms with E-state index >= 15 is 0 Å². The Labute approximate surface area is 74.7 Å². The molecule has 70 valence electrons. The third-order valence-electron chi connectivity index (χ3n) is 2.77. The Kier molecular flexibility index (Phi) is 2.45. The fraction of sp³-hybridized carbons (Fsp3) is 0.900. The molecule has 0 atom stereocenters. The molecule has 0 aromatic rings. The van der Waals surface area contributed by atoms with E-state index < -0.39 is 0 Å². The van der Waals surface area contributed by atoms with Gasteiger partial charge in [-0.15, -0.1) is 0 Å². The molecule has 1 fully saturated rings. The average molecular weight is 169 g/mol. The highest BCUT2D eigenvalue weighted by atomic mass is 16.1. The van der Waals surface area contributed by atoms with Crippen LogP contribution in [0.3, 0.4) is 0 Å². The number of nitrogens with one attached hydrogen (secondary N) is 1. The van der Waals surface area contributed by atoms with E-state index in [4.69, 9.17) is 0 Å². The molecule has 0 aliphatic heterocycles. The van der Waals surface area contributed by atoms with Gasteiger partial charge in [0.2, 0.25) is 5.91 Å². The highest BCUT2D eigenvalue weighted by Crippen LogP contribution is 2.41. The first kappa shape index (κ1) is 9.56. The van der Waals surface area contributed by atoms with Gasteiger partial charge in [0, 0.05) is 13.0 Å². The third-order valence-corrected chi connectivity index (χ3v) is 2.77. The second kappa shape index (κ2) is 3.08. The molecule has 0 spiro atoms. The first-order valence-electron chi connectivity index (χ1n) is 4.66. The molecule has 0 aromatic heterocycles. The van der Waals surface area contributed by atoms with Crippen molar-refractivity contribution in [1.29, 1.82) is 0 Å². The highest BCUT2D eigenvalue weighted by molar-refractivity contribution is 5.73. The Hall–Kier alpha value is -0.530. The lowest BCUT2D eigenvalue weighted by Crippen LogP contribution is -2.47. The number of hydrogen-bond acceptors (Lipinski definition) is 1. The Bertz CT molecular complexity index is 175. The van der Waals surface area contributed by atoms with Gasteiger partial charge in [-0.3, -0.25) is 4.79 Å². The molecule has 0 aromatic carbocycles. The summed E-state index contributed by atoms with van der Waals surface area (Å²) in [4.78, 5) is 10.7. The van der Waals surface area contributed by atoms with E-state index in [1.165, 1.54) is 0 Å². The molecule has 0 bridgehead atoms. The van der Waals surface area contributed by atoms with Crippen molar-refractivity contribution in [2.24, 2.45) is 11.3 Å². The molecule has 1 aliphatic rings. The molecule has 0 unspecified atom stereocenters. The quantitative estimate of drug-likeness (QED) is 0.638. The predicted octanol–water partition coefficient (Wildman–Crippen LogP) is 1.95. The number of amides is 1. The molecule has 1 saturated carbocycles. The van der Waals surface area contributed by atoms with E-state index in [0.29, 0.717) is 11.5 Å². The number of carbonyl (C=O) groups is 1. The minimum absolute atomic E-state index is 0.104. The monoisotopic (exact) mass is 169 g/mol. The van der Waals surface area contributed by atoms with Gasteiger partial charge in [0.15, 0.2) is 0 Å². The summed E-state index contributed by atoms with van der Waals surface area (Å²) in [5.74, 6) is 0.890. The van der Waals surface area contributed by atoms with Gasteiger partial charge >= 0.3 is 0 Å². The first-order chi connectivity index (χ1) is 5.39. The van der Waals surface area contributed by atoms with E-state index in [-0.39, 0.29) is 5.91 Å². The van der Waals surface area contributed by atoms with Gasteiger partial charge in [-0.05, 0) is 24.2 Å². The molecule has 1 aliphatic carbocycles. The van der Waals surface area contributed by atoms with Crippen LogP contribution in [0.25, 0.3) is 0 Å². The van der Waals surface area contributed by atoms with Crippen molar-refractivity contribution in [2.45, 2.75) is 46.6 Å². The summed E-state index contributed by atoms with van der Waals surface area (Å²) in [5.41, 5.74) is 0.412. The second-order valence-corrected chi connectivity index (χ2v) is 4.93. The van der Waals surface area contributed by atoms with Gasteiger partial charge in [0.25, 0.3) is 0 Å². The summed E-state index contributed by atoms with van der Waals surface area (Å²) >= 11 is 0. The van der Waals surface area contributed by atoms with Crippen molar-refractivity contribution in [3.8, 4) is 0 Å². The second-order valence-electron chi connectivity index (χ2n) is 4.93. The molecule has 12 heavy (non-hydrogen) atoms. The van der Waals surface area contributed by atoms with Crippen molar-refractivity contribution in [3.63, 3.8) is 0 Å². The van der Waals surface area contributed by atoms with Crippen molar-refractivity contribution in [1.82, 2.24) is 5.32 Å². The molecule has 1 amide bonds. The third kappa shape index (κ3) is 2.23. The molecule has 0 heterocycles. The van der Waals surface area contributed by atoms with E-state index in [9.17, 15) is 4.79 Å². The van der Waals surface area contributed by atoms with E-state index in [1.54, 1.807) is 6.92 Å². The summed E-state index contributed by atoms with van der Waals surface area (Å²) in [6, 6.07) is 0.451. The zero-order chi connectivity index (χ0) is 9.35. The van der Waals surface area contributed by atoms with Crippen LogP contribution in [0.1, 0.15) is 40.5 Å². The van der Waals surface area contributed by atoms with Crippen molar-refractivity contribution < 1.29 is 4.79 Å². The van der Waals surface area contributed by atoms with Gasteiger partial charge < -0.3 is 5.32 Å². The minimum atomic E-state index is 0.104. The van der Waals surface area contributed by atoms with Gasteiger partial charge in [-0.2, -0.15) is 0 Å². The molecule has 2 heteroatoms. The van der Waals surface area contributed by atoms with Crippen LogP contribution in [0, 0.1) is 11.3 Å². The largest absolute Gasteiger partial charge is 0.354 e. The SMILES string of the molecule is CC(=O)N[C@H]1C[C@H](C(C)(C)C)C1. The summed E-state index contributed by atoms with van der Waals surface area (Å²) in [6.07, 6.45) is 2.31. The maximum Gasteiger partial charge on any atom is 0.217 e. The van der Waals surface area contributed by atoms with Crippen molar-refractivity contribution in [2.75, 3.05) is 0 Å². The summed E-state index contributed by atoms with van der Waals surface area (Å²) in [5, 5.41) is 2.94. The zero-order valence-electron chi connectivity index (χ0n) is 8.48. The summed E-state index contributed by atoms with van der Waals surface area (Å²) < 4.78 is 0. The Morgan fingerprint density at radius 2 is 1.83 bits per heavy atom. The van der Waals surface area contributed by atoms with Gasteiger partial charge in [0.1, 0.15) is 0 Å². The summed E-state index contributed by atoms with van der Waals surface area (Å²) in [7, 11) is 0. The lowest BCUT2D eigenvalue weighted by molar-refractivity contribution is -0.120. The van der Waals surface area contributed by atoms with E-state index in [0.717, 1.165) is 18.8 Å². The van der Waals surface area contributed by atoms with E-state index in [1.807, 2.05) is 0 Å². The molecule has 0 radical (unpaired) electrons. The minimum Gasteiger partial charge on any atom is -0.354 e. The van der Waals surface area contributed by atoms with Crippen molar-refractivity contribution >= 4 is 5.91 Å². The lowest BCUT2D eigenvalue weighted by Gasteiger charge is -2.43. The average Bonchev–Trinajstić information content (AvgIpc) is 1.73. The molecular weight excluding hydrogens is 150 g/mol. The molecule has 1 rings (SSSR count).